The number of carbonyl (C=O) groups is 3. The Bertz CT molecular complexity index is 533. The predicted octanol–water partition coefficient (Wildman–Crippen LogP) is -2.15. The van der Waals surface area contributed by atoms with Gasteiger partial charge in [0.2, 0.25) is 11.8 Å². The van der Waals surface area contributed by atoms with Gasteiger partial charge in [-0.05, 0) is 32.1 Å². The Morgan fingerprint density at radius 1 is 1.07 bits per heavy atom. The molecule has 2 amide bonds. The molecule has 0 aromatic rings. The van der Waals surface area contributed by atoms with Crippen molar-refractivity contribution in [2.45, 2.75) is 64.3 Å². The number of guanidine groups is 1. The quantitative estimate of drug-likeness (QED) is 0.111. The predicted molar refractivity (Wildman–Crippen MR) is 101 cm³/mol. The van der Waals surface area contributed by atoms with Gasteiger partial charge >= 0.3 is 5.97 Å². The van der Waals surface area contributed by atoms with Gasteiger partial charge in [-0.2, -0.15) is 0 Å². The maximum absolute atomic E-state index is 12.3. The van der Waals surface area contributed by atoms with E-state index in [0.29, 0.717) is 13.0 Å². The van der Waals surface area contributed by atoms with Crippen LogP contribution in [0.4, 0.5) is 0 Å². The van der Waals surface area contributed by atoms with E-state index < -0.39 is 42.0 Å². The van der Waals surface area contributed by atoms with Crippen LogP contribution in [0.5, 0.6) is 0 Å². The van der Waals surface area contributed by atoms with Crippen molar-refractivity contribution in [2.75, 3.05) is 6.54 Å². The van der Waals surface area contributed by atoms with Crippen LogP contribution >= 0.6 is 0 Å². The summed E-state index contributed by atoms with van der Waals surface area (Å²) in [6, 6.07) is -3.38. The summed E-state index contributed by atoms with van der Waals surface area (Å²) in [5.74, 6) is -2.65. The van der Waals surface area contributed by atoms with Gasteiger partial charge in [0, 0.05) is 6.54 Å². The molecule has 0 radical (unpaired) electrons. The van der Waals surface area contributed by atoms with Crippen LogP contribution in [0, 0.1) is 5.92 Å². The van der Waals surface area contributed by atoms with Gasteiger partial charge in [0.15, 0.2) is 5.96 Å². The minimum Gasteiger partial charge on any atom is -0.480 e. The molecular formula is C16H32N6O5. The molecule has 4 atom stereocenters. The van der Waals surface area contributed by atoms with Crippen LogP contribution in [0.15, 0.2) is 4.99 Å². The van der Waals surface area contributed by atoms with Crippen molar-refractivity contribution >= 4 is 23.7 Å². The molecule has 27 heavy (non-hydrogen) atoms. The first-order valence-electron chi connectivity index (χ1n) is 8.78. The Kier molecular flexibility index (Phi) is 11.0. The number of carbonyl (C=O) groups excluding carboxylic acids is 2. The fraction of sp³-hybridized carbons (Fsp3) is 0.750. The van der Waals surface area contributed by atoms with Crippen LogP contribution in [0.3, 0.4) is 0 Å². The van der Waals surface area contributed by atoms with Crippen LogP contribution in [0.1, 0.15) is 40.0 Å². The van der Waals surface area contributed by atoms with Crippen LogP contribution in [-0.4, -0.2) is 64.7 Å². The molecule has 0 bridgehead atoms. The molecule has 0 rings (SSSR count). The Morgan fingerprint density at radius 3 is 2.11 bits per heavy atom. The van der Waals surface area contributed by atoms with E-state index in [0.717, 1.165) is 0 Å². The number of carboxylic acid groups (broad SMARTS) is 1. The number of aliphatic imine (C=N–C) groups is 1. The van der Waals surface area contributed by atoms with Gasteiger partial charge in [0.25, 0.3) is 0 Å². The number of aliphatic hydroxyl groups is 1. The fourth-order valence-corrected chi connectivity index (χ4v) is 2.27. The lowest BCUT2D eigenvalue weighted by Gasteiger charge is -2.25. The van der Waals surface area contributed by atoms with Crippen molar-refractivity contribution in [2.24, 2.45) is 28.1 Å². The summed E-state index contributed by atoms with van der Waals surface area (Å²) in [5.41, 5.74) is 16.2. The summed E-state index contributed by atoms with van der Waals surface area (Å²) in [6.07, 6.45) is -0.308. The molecule has 0 saturated heterocycles. The molecule has 10 N–H and O–H groups in total. The molecule has 0 heterocycles. The molecular weight excluding hydrogens is 356 g/mol. The van der Waals surface area contributed by atoms with Gasteiger partial charge < -0.3 is 38.0 Å². The first-order valence-corrected chi connectivity index (χ1v) is 8.78. The highest BCUT2D eigenvalue weighted by Crippen LogP contribution is 2.06. The number of nitrogens with one attached hydrogen (secondary N) is 2. The third-order valence-corrected chi connectivity index (χ3v) is 3.69. The average molecular weight is 388 g/mol. The number of amides is 2. The number of hydrogen-bond donors (Lipinski definition) is 7. The van der Waals surface area contributed by atoms with Crippen molar-refractivity contribution in [3.05, 3.63) is 0 Å². The number of hydrogen-bond acceptors (Lipinski definition) is 6. The first-order chi connectivity index (χ1) is 12.5. The smallest absolute Gasteiger partial charge is 0.326 e. The molecule has 0 spiro atoms. The highest BCUT2D eigenvalue weighted by molar-refractivity contribution is 5.92. The number of nitrogens with two attached hydrogens (primary N) is 3. The molecule has 4 unspecified atom stereocenters. The van der Waals surface area contributed by atoms with Gasteiger partial charge in [0.1, 0.15) is 12.1 Å². The van der Waals surface area contributed by atoms with Gasteiger partial charge in [-0.1, -0.05) is 13.8 Å². The molecule has 0 aromatic heterocycles. The molecule has 0 aromatic carbocycles. The zero-order chi connectivity index (χ0) is 21.1. The number of rotatable bonds is 12. The molecule has 0 aliphatic heterocycles. The zero-order valence-electron chi connectivity index (χ0n) is 16.0. The van der Waals surface area contributed by atoms with Crippen LogP contribution in [-0.2, 0) is 14.4 Å². The van der Waals surface area contributed by atoms with E-state index in [9.17, 15) is 24.6 Å². The Balaban J connectivity index is 4.81. The van der Waals surface area contributed by atoms with E-state index in [1.807, 2.05) is 13.8 Å². The lowest BCUT2D eigenvalue weighted by Crippen LogP contribution is -2.58. The summed E-state index contributed by atoms with van der Waals surface area (Å²) in [4.78, 5) is 39.5. The Hall–Kier alpha value is -2.40. The number of aliphatic carboxylic acids is 1. The van der Waals surface area contributed by atoms with E-state index in [1.165, 1.54) is 6.92 Å². The number of nitrogens with zero attached hydrogens (tertiary/aromatic N) is 1. The summed E-state index contributed by atoms with van der Waals surface area (Å²) in [7, 11) is 0. The van der Waals surface area contributed by atoms with Crippen molar-refractivity contribution in [3.8, 4) is 0 Å². The summed E-state index contributed by atoms with van der Waals surface area (Å²) in [5, 5.41) is 23.7. The minimum atomic E-state index is -1.32. The average Bonchev–Trinajstić information content (AvgIpc) is 2.54. The van der Waals surface area contributed by atoms with Crippen LogP contribution in [0.2, 0.25) is 0 Å². The van der Waals surface area contributed by atoms with Crippen molar-refractivity contribution < 1.29 is 24.6 Å². The van der Waals surface area contributed by atoms with Crippen LogP contribution in [0.25, 0.3) is 0 Å². The van der Waals surface area contributed by atoms with Crippen molar-refractivity contribution in [1.29, 1.82) is 0 Å². The third-order valence-electron chi connectivity index (χ3n) is 3.69. The molecule has 0 aliphatic carbocycles. The molecule has 0 fully saturated rings. The van der Waals surface area contributed by atoms with Gasteiger partial charge in [-0.25, -0.2) is 4.79 Å². The second-order valence-electron chi connectivity index (χ2n) is 6.81. The van der Waals surface area contributed by atoms with E-state index in [4.69, 9.17) is 17.2 Å². The summed E-state index contributed by atoms with van der Waals surface area (Å²) >= 11 is 0. The van der Waals surface area contributed by atoms with Gasteiger partial charge in [-0.15, -0.1) is 0 Å². The lowest BCUT2D eigenvalue weighted by molar-refractivity contribution is -0.143. The van der Waals surface area contributed by atoms with E-state index in [-0.39, 0.29) is 24.7 Å². The molecule has 11 nitrogen and oxygen atoms in total. The molecule has 11 heteroatoms. The molecule has 156 valence electrons. The van der Waals surface area contributed by atoms with Gasteiger partial charge in [0.05, 0.1) is 12.1 Å². The van der Waals surface area contributed by atoms with Crippen LogP contribution < -0.4 is 27.8 Å². The third kappa shape index (κ3) is 10.4. The monoisotopic (exact) mass is 388 g/mol. The fourth-order valence-electron chi connectivity index (χ4n) is 2.27. The maximum atomic E-state index is 12.3. The Labute approximate surface area is 158 Å². The minimum absolute atomic E-state index is 0.0321. The first kappa shape index (κ1) is 24.6. The largest absolute Gasteiger partial charge is 0.480 e. The van der Waals surface area contributed by atoms with Crippen molar-refractivity contribution in [1.82, 2.24) is 10.6 Å². The maximum Gasteiger partial charge on any atom is 0.326 e. The highest BCUT2D eigenvalue weighted by Gasteiger charge is 2.31. The van der Waals surface area contributed by atoms with E-state index >= 15 is 0 Å². The SMILES string of the molecule is CC(C)CC(NC(=O)C(NC(=O)C(N)CCCN=C(N)N)C(C)O)C(=O)O. The number of aliphatic hydroxyl groups excluding tert-OH is 1. The summed E-state index contributed by atoms with van der Waals surface area (Å²) < 4.78 is 0. The number of carboxylic acids is 1. The topological polar surface area (TPSA) is 206 Å². The van der Waals surface area contributed by atoms with Crippen molar-refractivity contribution in [3.63, 3.8) is 0 Å². The standard InChI is InChI=1S/C16H32N6O5/c1-8(2)7-11(15(26)27)21-14(25)12(9(3)23)22-13(24)10(17)5-4-6-20-16(18)19/h8-12,23H,4-7,17H2,1-3H3,(H,21,25)(H,22,24)(H,26,27)(H4,18,19,20). The lowest BCUT2D eigenvalue weighted by atomic mass is 10.0. The normalized spacial score (nSPS) is 15.3. The Morgan fingerprint density at radius 2 is 1.67 bits per heavy atom. The second kappa shape index (κ2) is 12.1. The van der Waals surface area contributed by atoms with Gasteiger partial charge in [-0.3, -0.25) is 14.6 Å². The highest BCUT2D eigenvalue weighted by atomic mass is 16.4. The summed E-state index contributed by atoms with van der Waals surface area (Å²) in [6.45, 7) is 5.25. The van der Waals surface area contributed by atoms with E-state index in [2.05, 4.69) is 15.6 Å². The van der Waals surface area contributed by atoms with E-state index in [1.54, 1.807) is 0 Å². The molecule has 0 aliphatic rings. The second-order valence-corrected chi connectivity index (χ2v) is 6.81. The molecule has 0 saturated carbocycles. The zero-order valence-corrected chi connectivity index (χ0v) is 16.0.